The van der Waals surface area contributed by atoms with E-state index in [0.717, 1.165) is 26.2 Å². The third-order valence-corrected chi connectivity index (χ3v) is 8.74. The van der Waals surface area contributed by atoms with Crippen LogP contribution in [0.5, 0.6) is 0 Å². The highest BCUT2D eigenvalue weighted by Crippen LogP contribution is 2.15. The molecule has 0 rings (SSSR count). The van der Waals surface area contributed by atoms with Crippen LogP contribution in [-0.4, -0.2) is 36.6 Å². The quantitative estimate of drug-likeness (QED) is 0.0557. The lowest BCUT2D eigenvalue weighted by Gasteiger charge is -2.29. The number of nitrogens with zero attached hydrogens (tertiary/aromatic N) is 1. The van der Waals surface area contributed by atoms with E-state index in [1.165, 1.54) is 179 Å². The van der Waals surface area contributed by atoms with Crippen LogP contribution in [0.15, 0.2) is 12.3 Å². The summed E-state index contributed by atoms with van der Waals surface area (Å²) < 4.78 is 0. The van der Waals surface area contributed by atoms with E-state index < -0.39 is 0 Å². The Hall–Kier alpha value is -0.980. The van der Waals surface area contributed by atoms with Crippen LogP contribution in [0, 0.1) is 11.8 Å². The topological polar surface area (TPSA) is 41.3 Å². The van der Waals surface area contributed by atoms with Crippen molar-refractivity contribution in [1.29, 1.82) is 0 Å². The fraction of sp³-hybridized carbons (Fsp3) is 0.909. The molecule has 0 aliphatic carbocycles. The molecule has 3 heteroatoms. The summed E-state index contributed by atoms with van der Waals surface area (Å²) in [5, 5.41) is 3.62. The van der Waals surface area contributed by atoms with Crippen LogP contribution in [-0.2, 0) is 0 Å². The van der Waals surface area contributed by atoms with Gasteiger partial charge in [0.15, 0.2) is 0 Å². The van der Waals surface area contributed by atoms with Crippen LogP contribution in [0.1, 0.15) is 229 Å². The van der Waals surface area contributed by atoms with Crippen LogP contribution in [0.4, 0.5) is 0 Å². The zero-order valence-corrected chi connectivity index (χ0v) is 34.2. The lowest BCUT2D eigenvalue weighted by atomic mass is 10.0. The van der Waals surface area contributed by atoms with E-state index in [4.69, 9.17) is 5.73 Å². The summed E-state index contributed by atoms with van der Waals surface area (Å²) in [5.74, 6) is 6.34. The van der Waals surface area contributed by atoms with E-state index >= 15 is 0 Å². The highest BCUT2D eigenvalue weighted by Gasteiger charge is 2.15. The first-order chi connectivity index (χ1) is 22.8. The highest BCUT2D eigenvalue weighted by atomic mass is 15.2. The van der Waals surface area contributed by atoms with Gasteiger partial charge in [-0.25, -0.2) is 0 Å². The molecule has 3 nitrogen and oxygen atoms in total. The second-order valence-electron chi connectivity index (χ2n) is 14.5. The minimum Gasteiger partial charge on any atom is -0.374 e. The molecule has 0 saturated carbocycles. The van der Waals surface area contributed by atoms with Gasteiger partial charge < -0.3 is 10.6 Å². The number of unbranched alkanes of at least 4 members (excludes halogenated alkanes) is 23. The van der Waals surface area contributed by atoms with Crippen molar-refractivity contribution >= 4 is 0 Å². The molecule has 0 aromatic rings. The van der Waals surface area contributed by atoms with Crippen molar-refractivity contribution in [3.8, 4) is 11.8 Å². The van der Waals surface area contributed by atoms with Crippen molar-refractivity contribution in [3.05, 3.63) is 12.3 Å². The zero-order valence-electron chi connectivity index (χ0n) is 34.2. The smallest absolute Gasteiger partial charge is 0.0746 e. The first-order valence-corrected chi connectivity index (χ1v) is 21.1. The fourth-order valence-electron chi connectivity index (χ4n) is 5.71. The Bertz CT molecular complexity index is 614. The molecule has 0 aromatic carbocycles. The van der Waals surface area contributed by atoms with E-state index in [2.05, 4.69) is 77.1 Å². The molecule has 0 saturated heterocycles. The predicted molar refractivity (Wildman–Crippen MR) is 218 cm³/mol. The highest BCUT2D eigenvalue weighted by molar-refractivity contribution is 5.14. The van der Waals surface area contributed by atoms with Crippen LogP contribution < -0.4 is 11.1 Å². The Balaban J connectivity index is -0.00000215. The average Bonchev–Trinajstić information content (AvgIpc) is 3.04. The molecule has 0 bridgehead atoms. The Morgan fingerprint density at radius 2 is 0.851 bits per heavy atom. The van der Waals surface area contributed by atoms with Gasteiger partial charge in [0.1, 0.15) is 0 Å². The van der Waals surface area contributed by atoms with Gasteiger partial charge in [0.2, 0.25) is 0 Å². The van der Waals surface area contributed by atoms with Gasteiger partial charge >= 0.3 is 0 Å². The Morgan fingerprint density at radius 1 is 0.553 bits per heavy atom. The van der Waals surface area contributed by atoms with Crippen LogP contribution >= 0.6 is 0 Å². The molecule has 282 valence electrons. The summed E-state index contributed by atoms with van der Waals surface area (Å²) in [5.41, 5.74) is 6.22. The number of nitrogens with one attached hydrogen (secondary N) is 1. The van der Waals surface area contributed by atoms with E-state index in [1.54, 1.807) is 0 Å². The van der Waals surface area contributed by atoms with Crippen LogP contribution in [0.3, 0.4) is 0 Å². The Morgan fingerprint density at radius 3 is 1.11 bits per heavy atom. The number of rotatable bonds is 32. The average molecular weight is 662 g/mol. The number of hydrogen-bond acceptors (Lipinski definition) is 3. The van der Waals surface area contributed by atoms with Gasteiger partial charge in [0, 0.05) is 25.3 Å². The van der Waals surface area contributed by atoms with Gasteiger partial charge in [0.05, 0.1) is 5.54 Å². The third kappa shape index (κ3) is 45.0. The van der Waals surface area contributed by atoms with E-state index in [1.807, 2.05) is 6.92 Å². The molecule has 0 atom stereocenters. The summed E-state index contributed by atoms with van der Waals surface area (Å²) in [6.07, 6.45) is 37.4. The molecule has 0 spiro atoms. The molecule has 0 unspecified atom stereocenters. The molecule has 3 N–H and O–H groups in total. The monoisotopic (exact) mass is 662 g/mol. The molecule has 0 aromatic heterocycles. The lowest BCUT2D eigenvalue weighted by molar-refractivity contribution is 0.309. The zero-order chi connectivity index (χ0) is 35.7. The molecular weight excluding hydrogens is 571 g/mol. The molecular formula is C44H91N3. The largest absolute Gasteiger partial charge is 0.374 e. The van der Waals surface area contributed by atoms with Gasteiger partial charge in [-0.1, -0.05) is 201 Å². The molecule has 0 aliphatic heterocycles. The maximum Gasteiger partial charge on any atom is 0.0746 e. The second-order valence-corrected chi connectivity index (χ2v) is 14.5. The predicted octanol–water partition coefficient (Wildman–Crippen LogP) is 13.8. The Kier molecular flexibility index (Phi) is 46.2. The van der Waals surface area contributed by atoms with Gasteiger partial charge in [-0.2, -0.15) is 0 Å². The lowest BCUT2D eigenvalue weighted by Crippen LogP contribution is -2.41. The maximum absolute atomic E-state index is 5.14. The van der Waals surface area contributed by atoms with Crippen LogP contribution in [0.2, 0.25) is 0 Å². The summed E-state index contributed by atoms with van der Waals surface area (Å²) in [6.45, 7) is 25.7. The van der Waals surface area contributed by atoms with Crippen molar-refractivity contribution < 1.29 is 0 Å². The van der Waals surface area contributed by atoms with Gasteiger partial charge in [-0.3, -0.25) is 5.32 Å². The van der Waals surface area contributed by atoms with Gasteiger partial charge in [-0.15, -0.1) is 5.92 Å². The third-order valence-electron chi connectivity index (χ3n) is 8.74. The van der Waals surface area contributed by atoms with Crippen molar-refractivity contribution in [1.82, 2.24) is 10.2 Å². The minimum atomic E-state index is -0.157. The van der Waals surface area contributed by atoms with Crippen molar-refractivity contribution in [2.75, 3.05) is 26.2 Å². The molecule has 0 radical (unpaired) electrons. The summed E-state index contributed by atoms with van der Waals surface area (Å²) in [7, 11) is 0. The Labute approximate surface area is 299 Å². The molecule has 0 fully saturated rings. The van der Waals surface area contributed by atoms with Gasteiger partial charge in [0.25, 0.3) is 0 Å². The van der Waals surface area contributed by atoms with E-state index in [0.29, 0.717) is 0 Å². The summed E-state index contributed by atoms with van der Waals surface area (Å²) in [4.78, 5) is 2.58. The van der Waals surface area contributed by atoms with E-state index in [-0.39, 0.29) is 5.54 Å². The number of nitrogens with two attached hydrogens (primary N) is 1. The van der Waals surface area contributed by atoms with Crippen molar-refractivity contribution in [3.63, 3.8) is 0 Å². The maximum atomic E-state index is 5.14. The molecule has 0 heterocycles. The minimum absolute atomic E-state index is 0.157. The fourth-order valence-corrected chi connectivity index (χ4v) is 5.71. The van der Waals surface area contributed by atoms with E-state index in [9.17, 15) is 0 Å². The SMILES string of the molecule is C=C(CNC(C)(C)C#CC)N(CCCCCCCCCCCCCC)CCCCCCCCCCCCCC.CCC.CCCCN. The van der Waals surface area contributed by atoms with Crippen molar-refractivity contribution in [2.24, 2.45) is 5.73 Å². The first kappa shape index (κ1) is 50.4. The first-order valence-electron chi connectivity index (χ1n) is 21.1. The molecule has 0 amide bonds. The normalized spacial score (nSPS) is 10.7. The second kappa shape index (κ2) is 43.0. The van der Waals surface area contributed by atoms with Gasteiger partial charge in [-0.05, 0) is 46.6 Å². The standard InChI is InChI=1S/C37H72N2.C4H11N.C3H8/c1-7-10-12-14-16-18-20-22-24-26-28-30-33-39(36(4)35-38-37(5,6)32-9-3)34-31-29-27-25-23-21-19-17-15-13-11-8-2;1-2-3-4-5;1-3-2/h38H,4,7-8,10-31,33-35H2,1-3,5-6H3;2-5H2,1H3;3H2,1-2H3. The summed E-state index contributed by atoms with van der Waals surface area (Å²) in [6, 6.07) is 0. The molecule has 0 aliphatic rings. The molecule has 47 heavy (non-hydrogen) atoms. The van der Waals surface area contributed by atoms with Crippen molar-refractivity contribution in [2.45, 2.75) is 234 Å². The van der Waals surface area contributed by atoms with Crippen LogP contribution in [0.25, 0.3) is 0 Å². The summed E-state index contributed by atoms with van der Waals surface area (Å²) >= 11 is 0. The number of hydrogen-bond donors (Lipinski definition) is 2.